The van der Waals surface area contributed by atoms with Crippen LogP contribution in [0.4, 0.5) is 4.39 Å². The van der Waals surface area contributed by atoms with Gasteiger partial charge in [0.15, 0.2) is 0 Å². The molecule has 0 amide bonds. The van der Waals surface area contributed by atoms with Gasteiger partial charge in [-0.05, 0) is 18.2 Å². The van der Waals surface area contributed by atoms with E-state index in [-0.39, 0.29) is 11.4 Å². The summed E-state index contributed by atoms with van der Waals surface area (Å²) in [6, 6.07) is 5.76. The molecule has 84 valence electrons. The smallest absolute Gasteiger partial charge is 0.250 e. The number of nitrogens with zero attached hydrogens (tertiary/aromatic N) is 2. The molecule has 1 aromatic carbocycles. The summed E-state index contributed by atoms with van der Waals surface area (Å²) in [7, 11) is 0. The molecule has 5 heteroatoms. The van der Waals surface area contributed by atoms with Gasteiger partial charge in [-0.2, -0.15) is 0 Å². The van der Waals surface area contributed by atoms with Crippen molar-refractivity contribution in [2.45, 2.75) is 0 Å². The van der Waals surface area contributed by atoms with Crippen LogP contribution in [-0.2, 0) is 0 Å². The van der Waals surface area contributed by atoms with Crippen molar-refractivity contribution in [3.63, 3.8) is 0 Å². The SMILES string of the molecule is O=c1cc(-n2ccnc2)c2ccc(F)cc2[nH]1. The van der Waals surface area contributed by atoms with Crippen molar-refractivity contribution in [2.24, 2.45) is 0 Å². The van der Waals surface area contributed by atoms with Crippen LogP contribution in [0, 0.1) is 5.82 Å². The van der Waals surface area contributed by atoms with Gasteiger partial charge in [0.1, 0.15) is 5.82 Å². The molecule has 2 aromatic heterocycles. The topological polar surface area (TPSA) is 50.7 Å². The number of pyridine rings is 1. The first-order valence-corrected chi connectivity index (χ1v) is 5.05. The van der Waals surface area contributed by atoms with Crippen LogP contribution >= 0.6 is 0 Å². The highest BCUT2D eigenvalue weighted by Gasteiger charge is 2.05. The lowest BCUT2D eigenvalue weighted by Crippen LogP contribution is -2.07. The van der Waals surface area contributed by atoms with E-state index in [1.165, 1.54) is 18.2 Å². The molecule has 4 nitrogen and oxygen atoms in total. The van der Waals surface area contributed by atoms with Crippen LogP contribution in [0.25, 0.3) is 16.6 Å². The minimum atomic E-state index is -0.379. The van der Waals surface area contributed by atoms with E-state index in [2.05, 4.69) is 9.97 Å². The van der Waals surface area contributed by atoms with Crippen LogP contribution in [0.2, 0.25) is 0 Å². The molecule has 0 fully saturated rings. The molecular weight excluding hydrogens is 221 g/mol. The second-order valence-electron chi connectivity index (χ2n) is 3.68. The summed E-state index contributed by atoms with van der Waals surface area (Å²) < 4.78 is 14.8. The normalized spacial score (nSPS) is 10.9. The summed E-state index contributed by atoms with van der Waals surface area (Å²) >= 11 is 0. The van der Waals surface area contributed by atoms with Crippen molar-refractivity contribution >= 4 is 10.9 Å². The van der Waals surface area contributed by atoms with Crippen molar-refractivity contribution in [1.29, 1.82) is 0 Å². The highest BCUT2D eigenvalue weighted by Crippen LogP contribution is 2.19. The molecule has 0 aliphatic heterocycles. The fraction of sp³-hybridized carbons (Fsp3) is 0. The summed E-state index contributed by atoms with van der Waals surface area (Å²) in [5.41, 5.74) is 0.884. The molecule has 0 aliphatic carbocycles. The molecule has 0 saturated carbocycles. The van der Waals surface area contributed by atoms with Gasteiger partial charge in [-0.15, -0.1) is 0 Å². The van der Waals surface area contributed by atoms with Crippen LogP contribution in [-0.4, -0.2) is 14.5 Å². The van der Waals surface area contributed by atoms with E-state index in [4.69, 9.17) is 0 Å². The van der Waals surface area contributed by atoms with Crippen molar-refractivity contribution < 1.29 is 4.39 Å². The molecule has 3 rings (SSSR count). The zero-order chi connectivity index (χ0) is 11.8. The Morgan fingerprint density at radius 2 is 2.18 bits per heavy atom. The molecule has 3 aromatic rings. The van der Waals surface area contributed by atoms with Gasteiger partial charge in [-0.1, -0.05) is 0 Å². The van der Waals surface area contributed by atoms with Crippen LogP contribution in [0.1, 0.15) is 0 Å². The Morgan fingerprint density at radius 1 is 1.29 bits per heavy atom. The molecule has 0 saturated heterocycles. The number of hydrogen-bond acceptors (Lipinski definition) is 2. The average molecular weight is 229 g/mol. The number of halogens is 1. The van der Waals surface area contributed by atoms with Crippen LogP contribution in [0.15, 0.2) is 47.8 Å². The Kier molecular flexibility index (Phi) is 2.04. The van der Waals surface area contributed by atoms with Crippen molar-refractivity contribution in [3.05, 3.63) is 59.2 Å². The second kappa shape index (κ2) is 3.55. The monoisotopic (exact) mass is 229 g/mol. The summed E-state index contributed by atoms with van der Waals surface area (Å²) in [4.78, 5) is 18.0. The van der Waals surface area contributed by atoms with Crippen LogP contribution < -0.4 is 5.56 Å². The molecular formula is C12H8FN3O. The highest BCUT2D eigenvalue weighted by molar-refractivity contribution is 5.86. The number of nitrogens with one attached hydrogen (secondary N) is 1. The predicted molar refractivity (Wildman–Crippen MR) is 61.6 cm³/mol. The fourth-order valence-corrected chi connectivity index (χ4v) is 1.83. The Hall–Kier alpha value is -2.43. The van der Waals surface area contributed by atoms with E-state index >= 15 is 0 Å². The summed E-state index contributed by atoms with van der Waals surface area (Å²) in [6.45, 7) is 0. The van der Waals surface area contributed by atoms with Gasteiger partial charge < -0.3 is 9.55 Å². The number of imidazole rings is 1. The highest BCUT2D eigenvalue weighted by atomic mass is 19.1. The number of rotatable bonds is 1. The minimum Gasteiger partial charge on any atom is -0.322 e. The maximum atomic E-state index is 13.1. The number of H-pyrrole nitrogens is 1. The Balaban J connectivity index is 2.42. The molecule has 1 N–H and O–H groups in total. The number of hydrogen-bond donors (Lipinski definition) is 1. The zero-order valence-corrected chi connectivity index (χ0v) is 8.72. The number of aromatic amines is 1. The van der Waals surface area contributed by atoms with Crippen LogP contribution in [0.5, 0.6) is 0 Å². The second-order valence-corrected chi connectivity index (χ2v) is 3.68. The number of fused-ring (bicyclic) bond motifs is 1. The van der Waals surface area contributed by atoms with E-state index in [1.807, 2.05) is 0 Å². The van der Waals surface area contributed by atoms with Crippen molar-refractivity contribution in [2.75, 3.05) is 0 Å². The first-order chi connectivity index (χ1) is 8.24. The van der Waals surface area contributed by atoms with Gasteiger partial charge in [0.2, 0.25) is 0 Å². The van der Waals surface area contributed by atoms with E-state index in [1.54, 1.807) is 29.4 Å². The third kappa shape index (κ3) is 1.61. The van der Waals surface area contributed by atoms with Crippen molar-refractivity contribution in [1.82, 2.24) is 14.5 Å². The van der Waals surface area contributed by atoms with Crippen LogP contribution in [0.3, 0.4) is 0 Å². The lowest BCUT2D eigenvalue weighted by atomic mass is 10.2. The van der Waals surface area contributed by atoms with E-state index in [0.29, 0.717) is 11.2 Å². The maximum absolute atomic E-state index is 13.1. The molecule has 0 unspecified atom stereocenters. The third-order valence-electron chi connectivity index (χ3n) is 2.57. The first kappa shape index (κ1) is 9.77. The van der Waals surface area contributed by atoms with E-state index in [9.17, 15) is 9.18 Å². The lowest BCUT2D eigenvalue weighted by Gasteiger charge is -2.06. The Bertz CT molecular complexity index is 731. The lowest BCUT2D eigenvalue weighted by molar-refractivity contribution is 0.629. The van der Waals surface area contributed by atoms with Gasteiger partial charge in [0, 0.05) is 23.8 Å². The maximum Gasteiger partial charge on any atom is 0.250 e. The third-order valence-corrected chi connectivity index (χ3v) is 2.57. The molecule has 0 bridgehead atoms. The summed E-state index contributed by atoms with van der Waals surface area (Å²) in [6.07, 6.45) is 4.95. The number of benzene rings is 1. The predicted octanol–water partition coefficient (Wildman–Crippen LogP) is 1.85. The molecule has 0 radical (unpaired) electrons. The summed E-state index contributed by atoms with van der Waals surface area (Å²) in [5.74, 6) is -0.379. The molecule has 0 aliphatic rings. The quantitative estimate of drug-likeness (QED) is 0.692. The van der Waals surface area contributed by atoms with Gasteiger partial charge in [-0.25, -0.2) is 9.37 Å². The molecule has 0 spiro atoms. The largest absolute Gasteiger partial charge is 0.322 e. The number of aromatic nitrogens is 3. The van der Waals surface area contributed by atoms with E-state index < -0.39 is 0 Å². The molecule has 17 heavy (non-hydrogen) atoms. The van der Waals surface area contributed by atoms with Gasteiger partial charge in [-0.3, -0.25) is 4.79 Å². The first-order valence-electron chi connectivity index (χ1n) is 5.05. The molecule has 0 atom stereocenters. The zero-order valence-electron chi connectivity index (χ0n) is 8.72. The van der Waals surface area contributed by atoms with Gasteiger partial charge >= 0.3 is 0 Å². The minimum absolute atomic E-state index is 0.271. The average Bonchev–Trinajstić information content (AvgIpc) is 2.80. The van der Waals surface area contributed by atoms with Crippen molar-refractivity contribution in [3.8, 4) is 5.69 Å². The van der Waals surface area contributed by atoms with E-state index in [0.717, 1.165) is 5.39 Å². The van der Waals surface area contributed by atoms with Gasteiger partial charge in [0.25, 0.3) is 5.56 Å². The summed E-state index contributed by atoms with van der Waals surface area (Å²) in [5, 5.41) is 0.768. The fourth-order valence-electron chi connectivity index (χ4n) is 1.83. The standard InChI is InChI=1S/C12H8FN3O/c13-8-1-2-9-10(5-8)15-12(17)6-11(9)16-4-3-14-7-16/h1-7H,(H,15,17). The van der Waals surface area contributed by atoms with Gasteiger partial charge in [0.05, 0.1) is 17.5 Å². The molecule has 2 heterocycles. The Morgan fingerprint density at radius 3 is 2.94 bits per heavy atom. The Labute approximate surface area is 95.4 Å².